The van der Waals surface area contributed by atoms with Crippen LogP contribution in [0.2, 0.25) is 0 Å². The summed E-state index contributed by atoms with van der Waals surface area (Å²) in [7, 11) is 0. The molecule has 3 aromatic carbocycles. The van der Waals surface area contributed by atoms with Crippen LogP contribution >= 0.6 is 0 Å². The second-order valence-corrected chi connectivity index (χ2v) is 6.92. The summed E-state index contributed by atoms with van der Waals surface area (Å²) in [6, 6.07) is 24.8. The highest BCUT2D eigenvalue weighted by Crippen LogP contribution is 2.25. The minimum atomic E-state index is 0.172. The maximum Gasteiger partial charge on any atom is 0.166 e. The van der Waals surface area contributed by atoms with E-state index in [9.17, 15) is 4.79 Å². The lowest BCUT2D eigenvalue weighted by Gasteiger charge is -2.31. The van der Waals surface area contributed by atoms with E-state index in [0.29, 0.717) is 5.78 Å². The molecule has 25 heavy (non-hydrogen) atoms. The molecule has 0 radical (unpaired) electrons. The monoisotopic (exact) mass is 329 g/mol. The summed E-state index contributed by atoms with van der Waals surface area (Å²) in [5.74, 6) is 0.483. The van der Waals surface area contributed by atoms with Crippen LogP contribution < -0.4 is 0 Å². The van der Waals surface area contributed by atoms with Gasteiger partial charge in [-0.2, -0.15) is 0 Å². The third kappa shape index (κ3) is 3.49. The van der Waals surface area contributed by atoms with Crippen molar-refractivity contribution in [2.75, 3.05) is 13.1 Å². The summed E-state index contributed by atoms with van der Waals surface area (Å²) < 4.78 is 0. The zero-order chi connectivity index (χ0) is 17.1. The average Bonchev–Trinajstić information content (AvgIpc) is 2.69. The molecule has 2 heteroatoms. The first-order chi connectivity index (χ1) is 12.3. The van der Waals surface area contributed by atoms with Gasteiger partial charge in [-0.15, -0.1) is 0 Å². The topological polar surface area (TPSA) is 20.3 Å². The maximum atomic E-state index is 12.6. The zero-order valence-corrected chi connectivity index (χ0v) is 14.4. The number of nitrogens with zero attached hydrogens (tertiary/aromatic N) is 1. The van der Waals surface area contributed by atoms with Crippen LogP contribution in [0.1, 0.15) is 28.8 Å². The molecule has 0 spiro atoms. The van der Waals surface area contributed by atoms with Gasteiger partial charge in [0.2, 0.25) is 0 Å². The molecule has 1 fully saturated rings. The third-order valence-corrected chi connectivity index (χ3v) is 5.29. The Kier molecular flexibility index (Phi) is 4.62. The highest BCUT2D eigenvalue weighted by Gasteiger charge is 2.25. The van der Waals surface area contributed by atoms with Crippen LogP contribution in [0.3, 0.4) is 0 Å². The fraction of sp³-hybridized carbons (Fsp3) is 0.261. The normalized spacial score (nSPS) is 16.2. The molecule has 126 valence electrons. The number of rotatable bonds is 4. The van der Waals surface area contributed by atoms with Crippen LogP contribution in [0, 0.1) is 5.92 Å². The van der Waals surface area contributed by atoms with E-state index in [-0.39, 0.29) is 5.92 Å². The summed E-state index contributed by atoms with van der Waals surface area (Å²) in [6.45, 7) is 2.95. The van der Waals surface area contributed by atoms with Crippen LogP contribution in [-0.4, -0.2) is 23.8 Å². The molecular formula is C23H23NO. The number of carbonyl (C=O) groups is 1. The van der Waals surface area contributed by atoms with Crippen LogP contribution in [-0.2, 0) is 6.54 Å². The summed E-state index contributed by atoms with van der Waals surface area (Å²) in [5, 5.41) is 2.64. The number of carbonyl (C=O) groups excluding carboxylic acids is 1. The van der Waals surface area contributed by atoms with Crippen LogP contribution in [0.5, 0.6) is 0 Å². The predicted octanol–water partition coefficient (Wildman–Crippen LogP) is 4.93. The SMILES string of the molecule is O=C(c1ccccc1)C1CCN(Cc2cccc3ccccc23)CC1. The number of ketones is 1. The Hall–Kier alpha value is -2.45. The average molecular weight is 329 g/mol. The van der Waals surface area contributed by atoms with Gasteiger partial charge < -0.3 is 0 Å². The van der Waals surface area contributed by atoms with Crippen molar-refractivity contribution in [1.82, 2.24) is 4.90 Å². The standard InChI is InChI=1S/C23H23NO/c25-23(19-8-2-1-3-9-19)20-13-15-24(16-14-20)17-21-11-6-10-18-7-4-5-12-22(18)21/h1-12,20H,13-17H2. The van der Waals surface area contributed by atoms with Crippen molar-refractivity contribution in [3.05, 3.63) is 83.9 Å². The Labute approximate surface area is 149 Å². The van der Waals surface area contributed by atoms with Gasteiger partial charge in [-0.1, -0.05) is 72.8 Å². The maximum absolute atomic E-state index is 12.6. The van der Waals surface area contributed by atoms with Crippen molar-refractivity contribution in [1.29, 1.82) is 0 Å². The molecule has 0 unspecified atom stereocenters. The lowest BCUT2D eigenvalue weighted by Crippen LogP contribution is -2.36. The molecule has 1 saturated heterocycles. The molecule has 0 N–H and O–H groups in total. The zero-order valence-electron chi connectivity index (χ0n) is 14.4. The Morgan fingerprint density at radius 1 is 0.840 bits per heavy atom. The van der Waals surface area contributed by atoms with Crippen molar-refractivity contribution < 1.29 is 4.79 Å². The van der Waals surface area contributed by atoms with E-state index in [1.165, 1.54) is 16.3 Å². The number of benzene rings is 3. The highest BCUT2D eigenvalue weighted by atomic mass is 16.1. The van der Waals surface area contributed by atoms with Crippen molar-refractivity contribution in [2.45, 2.75) is 19.4 Å². The quantitative estimate of drug-likeness (QED) is 0.632. The van der Waals surface area contributed by atoms with E-state index in [2.05, 4.69) is 47.4 Å². The molecule has 1 aliphatic rings. The second-order valence-electron chi connectivity index (χ2n) is 6.92. The van der Waals surface area contributed by atoms with Crippen LogP contribution in [0.4, 0.5) is 0 Å². The number of hydrogen-bond donors (Lipinski definition) is 0. The molecule has 0 aromatic heterocycles. The Morgan fingerprint density at radius 3 is 2.32 bits per heavy atom. The summed E-state index contributed by atoms with van der Waals surface area (Å²) in [5.41, 5.74) is 2.24. The van der Waals surface area contributed by atoms with Crippen LogP contribution in [0.15, 0.2) is 72.8 Å². The smallest absolute Gasteiger partial charge is 0.166 e. The van der Waals surface area contributed by atoms with E-state index in [1.807, 2.05) is 30.3 Å². The summed E-state index contributed by atoms with van der Waals surface area (Å²) in [6.07, 6.45) is 1.91. The van der Waals surface area contributed by atoms with E-state index in [1.54, 1.807) is 0 Å². The van der Waals surface area contributed by atoms with Crippen molar-refractivity contribution in [3.63, 3.8) is 0 Å². The largest absolute Gasteiger partial charge is 0.299 e. The van der Waals surface area contributed by atoms with Gasteiger partial charge in [-0.25, -0.2) is 0 Å². The molecule has 3 aromatic rings. The number of Topliss-reactive ketones (excluding diaryl/α,β-unsaturated/α-hetero) is 1. The van der Waals surface area contributed by atoms with Crippen LogP contribution in [0.25, 0.3) is 10.8 Å². The van der Waals surface area contributed by atoms with E-state index < -0.39 is 0 Å². The first-order valence-electron chi connectivity index (χ1n) is 9.09. The van der Waals surface area contributed by atoms with Gasteiger partial charge >= 0.3 is 0 Å². The molecule has 2 nitrogen and oxygen atoms in total. The number of fused-ring (bicyclic) bond motifs is 1. The molecule has 0 saturated carbocycles. The molecule has 1 heterocycles. The second kappa shape index (κ2) is 7.20. The highest BCUT2D eigenvalue weighted by molar-refractivity contribution is 5.97. The van der Waals surface area contributed by atoms with Gasteiger partial charge in [0.15, 0.2) is 5.78 Å². The van der Waals surface area contributed by atoms with E-state index in [4.69, 9.17) is 0 Å². The van der Waals surface area contributed by atoms with Crippen molar-refractivity contribution in [3.8, 4) is 0 Å². The third-order valence-electron chi connectivity index (χ3n) is 5.29. The molecule has 1 aliphatic heterocycles. The summed E-state index contributed by atoms with van der Waals surface area (Å²) in [4.78, 5) is 15.1. The van der Waals surface area contributed by atoms with Crippen molar-refractivity contribution >= 4 is 16.6 Å². The number of likely N-dealkylation sites (tertiary alicyclic amines) is 1. The fourth-order valence-electron chi connectivity index (χ4n) is 3.86. The molecule has 4 rings (SSSR count). The van der Waals surface area contributed by atoms with Gasteiger partial charge in [0.05, 0.1) is 0 Å². The Bertz CT molecular complexity index is 858. The number of piperidine rings is 1. The molecule has 0 atom stereocenters. The van der Waals surface area contributed by atoms with Gasteiger partial charge in [0, 0.05) is 18.0 Å². The predicted molar refractivity (Wildman–Crippen MR) is 103 cm³/mol. The van der Waals surface area contributed by atoms with Crippen molar-refractivity contribution in [2.24, 2.45) is 5.92 Å². The lowest BCUT2D eigenvalue weighted by atomic mass is 9.88. The van der Waals surface area contributed by atoms with Gasteiger partial charge in [0.1, 0.15) is 0 Å². The summed E-state index contributed by atoms with van der Waals surface area (Å²) >= 11 is 0. The number of hydrogen-bond acceptors (Lipinski definition) is 2. The molecule has 0 amide bonds. The molecular weight excluding hydrogens is 306 g/mol. The lowest BCUT2D eigenvalue weighted by molar-refractivity contribution is 0.0835. The van der Waals surface area contributed by atoms with Gasteiger partial charge in [-0.05, 0) is 42.3 Å². The van der Waals surface area contributed by atoms with Gasteiger partial charge in [0.25, 0.3) is 0 Å². The minimum Gasteiger partial charge on any atom is -0.299 e. The van der Waals surface area contributed by atoms with E-state index >= 15 is 0 Å². The Balaban J connectivity index is 1.41. The molecule has 0 aliphatic carbocycles. The molecule has 0 bridgehead atoms. The Morgan fingerprint density at radius 2 is 1.52 bits per heavy atom. The minimum absolute atomic E-state index is 0.172. The first-order valence-corrected chi connectivity index (χ1v) is 9.09. The van der Waals surface area contributed by atoms with Gasteiger partial charge in [-0.3, -0.25) is 9.69 Å². The van der Waals surface area contributed by atoms with E-state index in [0.717, 1.165) is 38.0 Å². The fourth-order valence-corrected chi connectivity index (χ4v) is 3.86. The first kappa shape index (κ1) is 16.0.